The number of hydrogen-bond donors (Lipinski definition) is 3. The van der Waals surface area contributed by atoms with Crippen molar-refractivity contribution in [3.05, 3.63) is 35.7 Å². The zero-order valence-corrected chi connectivity index (χ0v) is 12.4. The highest BCUT2D eigenvalue weighted by Crippen LogP contribution is 2.19. The van der Waals surface area contributed by atoms with E-state index >= 15 is 0 Å². The lowest BCUT2D eigenvalue weighted by Gasteiger charge is -2.10. The average Bonchev–Trinajstić information content (AvgIpc) is 2.81. The van der Waals surface area contributed by atoms with Gasteiger partial charge in [0, 0.05) is 5.69 Å². The Bertz CT molecular complexity index is 617. The van der Waals surface area contributed by atoms with Crippen LogP contribution in [0.25, 0.3) is 0 Å². The Hall–Kier alpha value is -2.50. The molecule has 0 unspecified atom stereocenters. The van der Waals surface area contributed by atoms with E-state index < -0.39 is 0 Å². The number of aryl methyl sites for hydroxylation is 1. The standard InChI is InChI=1S/C15H20N4O2/c1-4-12-13(16)14(19-18-12)15(20)17-10-5-7-11(8-6-10)21-9(2)3/h5-9H,4,16H2,1-3H3,(H,17,20)(H,18,19). The van der Waals surface area contributed by atoms with Crippen molar-refractivity contribution in [1.29, 1.82) is 0 Å². The van der Waals surface area contributed by atoms with E-state index in [1.165, 1.54) is 0 Å². The maximum atomic E-state index is 12.1. The summed E-state index contributed by atoms with van der Waals surface area (Å²) in [4.78, 5) is 12.1. The zero-order valence-electron chi connectivity index (χ0n) is 12.4. The fourth-order valence-electron chi connectivity index (χ4n) is 1.91. The van der Waals surface area contributed by atoms with E-state index in [0.717, 1.165) is 11.4 Å². The predicted octanol–water partition coefficient (Wildman–Crippen LogP) is 2.59. The van der Waals surface area contributed by atoms with Crippen molar-refractivity contribution in [3.8, 4) is 5.75 Å². The predicted molar refractivity (Wildman–Crippen MR) is 82.5 cm³/mol. The maximum absolute atomic E-state index is 12.1. The SMILES string of the molecule is CCc1[nH]nc(C(=O)Nc2ccc(OC(C)C)cc2)c1N. The van der Waals surface area contributed by atoms with Gasteiger partial charge in [-0.25, -0.2) is 0 Å². The fourth-order valence-corrected chi connectivity index (χ4v) is 1.91. The number of aromatic nitrogens is 2. The van der Waals surface area contributed by atoms with Gasteiger partial charge in [0.15, 0.2) is 5.69 Å². The van der Waals surface area contributed by atoms with Gasteiger partial charge in [-0.3, -0.25) is 9.89 Å². The molecule has 0 spiro atoms. The van der Waals surface area contributed by atoms with E-state index in [1.807, 2.05) is 20.8 Å². The van der Waals surface area contributed by atoms with Crippen molar-refractivity contribution in [2.75, 3.05) is 11.1 Å². The molecule has 4 N–H and O–H groups in total. The molecule has 0 atom stereocenters. The molecule has 1 aromatic carbocycles. The molecule has 112 valence electrons. The molecule has 0 fully saturated rings. The molecule has 1 amide bonds. The minimum atomic E-state index is -0.332. The second-order valence-corrected chi connectivity index (χ2v) is 4.96. The minimum Gasteiger partial charge on any atom is -0.491 e. The van der Waals surface area contributed by atoms with Crippen LogP contribution in [0.15, 0.2) is 24.3 Å². The van der Waals surface area contributed by atoms with Gasteiger partial charge >= 0.3 is 0 Å². The van der Waals surface area contributed by atoms with E-state index in [0.29, 0.717) is 17.8 Å². The molecule has 0 saturated heterocycles. The number of H-pyrrole nitrogens is 1. The second-order valence-electron chi connectivity index (χ2n) is 4.96. The molecule has 6 heteroatoms. The smallest absolute Gasteiger partial charge is 0.278 e. The van der Waals surface area contributed by atoms with E-state index in [9.17, 15) is 4.79 Å². The van der Waals surface area contributed by atoms with Crippen molar-refractivity contribution < 1.29 is 9.53 Å². The summed E-state index contributed by atoms with van der Waals surface area (Å²) in [5.74, 6) is 0.427. The van der Waals surface area contributed by atoms with Gasteiger partial charge in [0.25, 0.3) is 5.91 Å². The van der Waals surface area contributed by atoms with Gasteiger partial charge in [-0.15, -0.1) is 0 Å². The van der Waals surface area contributed by atoms with Crippen LogP contribution in [0.5, 0.6) is 5.75 Å². The van der Waals surface area contributed by atoms with E-state index in [1.54, 1.807) is 24.3 Å². The van der Waals surface area contributed by atoms with Crippen LogP contribution in [0.3, 0.4) is 0 Å². The van der Waals surface area contributed by atoms with Crippen LogP contribution in [0.4, 0.5) is 11.4 Å². The highest BCUT2D eigenvalue weighted by Gasteiger charge is 2.16. The first kappa shape index (κ1) is 14.9. The van der Waals surface area contributed by atoms with Gasteiger partial charge in [0.1, 0.15) is 5.75 Å². The molecule has 1 aromatic heterocycles. The molecule has 21 heavy (non-hydrogen) atoms. The number of nitrogens with zero attached hydrogens (tertiary/aromatic N) is 1. The van der Waals surface area contributed by atoms with Crippen molar-refractivity contribution in [2.45, 2.75) is 33.3 Å². The number of benzene rings is 1. The Labute approximate surface area is 123 Å². The molecule has 2 rings (SSSR count). The first-order valence-electron chi connectivity index (χ1n) is 6.92. The van der Waals surface area contributed by atoms with Crippen molar-refractivity contribution >= 4 is 17.3 Å². The second kappa shape index (κ2) is 6.30. The van der Waals surface area contributed by atoms with Crippen LogP contribution in [0, 0.1) is 0 Å². The number of amides is 1. The third-order valence-electron chi connectivity index (χ3n) is 2.94. The fraction of sp³-hybridized carbons (Fsp3) is 0.333. The third-order valence-corrected chi connectivity index (χ3v) is 2.94. The number of nitrogen functional groups attached to an aromatic ring is 1. The van der Waals surface area contributed by atoms with Crippen LogP contribution >= 0.6 is 0 Å². The molecule has 0 saturated carbocycles. The minimum absolute atomic E-state index is 0.113. The van der Waals surface area contributed by atoms with Crippen molar-refractivity contribution in [3.63, 3.8) is 0 Å². The highest BCUT2D eigenvalue weighted by molar-refractivity contribution is 6.06. The molecule has 2 aromatic rings. The number of anilines is 2. The Kier molecular flexibility index (Phi) is 4.47. The Morgan fingerprint density at radius 1 is 1.38 bits per heavy atom. The summed E-state index contributed by atoms with van der Waals surface area (Å²) in [6.45, 7) is 5.86. The van der Waals surface area contributed by atoms with Gasteiger partial charge in [0.2, 0.25) is 0 Å². The summed E-state index contributed by atoms with van der Waals surface area (Å²) in [7, 11) is 0. The van der Waals surface area contributed by atoms with E-state index in [-0.39, 0.29) is 17.7 Å². The number of ether oxygens (including phenoxy) is 1. The maximum Gasteiger partial charge on any atom is 0.278 e. The Morgan fingerprint density at radius 3 is 2.57 bits per heavy atom. The molecule has 6 nitrogen and oxygen atoms in total. The quantitative estimate of drug-likeness (QED) is 0.788. The van der Waals surface area contributed by atoms with Gasteiger partial charge in [-0.2, -0.15) is 5.10 Å². The normalized spacial score (nSPS) is 10.7. The molecule has 0 aliphatic rings. The number of rotatable bonds is 5. The third kappa shape index (κ3) is 3.53. The number of nitrogens with one attached hydrogen (secondary N) is 2. The molecule has 0 bridgehead atoms. The molecule has 0 aliphatic heterocycles. The lowest BCUT2D eigenvalue weighted by atomic mass is 10.2. The van der Waals surface area contributed by atoms with E-state index in [4.69, 9.17) is 10.5 Å². The Balaban J connectivity index is 2.07. The first-order valence-corrected chi connectivity index (χ1v) is 6.92. The lowest BCUT2D eigenvalue weighted by molar-refractivity contribution is 0.102. The summed E-state index contributed by atoms with van der Waals surface area (Å²) < 4.78 is 5.55. The number of carbonyl (C=O) groups is 1. The van der Waals surface area contributed by atoms with Crippen molar-refractivity contribution in [2.24, 2.45) is 0 Å². The molecule has 0 radical (unpaired) electrons. The number of aromatic amines is 1. The summed E-state index contributed by atoms with van der Waals surface area (Å²) in [6.07, 6.45) is 0.814. The monoisotopic (exact) mass is 288 g/mol. The molecular formula is C15H20N4O2. The summed E-state index contributed by atoms with van der Waals surface area (Å²) in [5.41, 5.74) is 7.92. The Morgan fingerprint density at radius 2 is 2.05 bits per heavy atom. The zero-order chi connectivity index (χ0) is 15.4. The molecule has 0 aliphatic carbocycles. The lowest BCUT2D eigenvalue weighted by Crippen LogP contribution is -2.14. The number of hydrogen-bond acceptors (Lipinski definition) is 4. The number of carbonyl (C=O) groups excluding carboxylic acids is 1. The summed E-state index contributed by atoms with van der Waals surface area (Å²) >= 11 is 0. The van der Waals surface area contributed by atoms with Gasteiger partial charge < -0.3 is 15.8 Å². The highest BCUT2D eigenvalue weighted by atomic mass is 16.5. The van der Waals surface area contributed by atoms with Gasteiger partial charge in [-0.1, -0.05) is 6.92 Å². The average molecular weight is 288 g/mol. The van der Waals surface area contributed by atoms with Crippen LogP contribution < -0.4 is 15.8 Å². The van der Waals surface area contributed by atoms with Crippen molar-refractivity contribution in [1.82, 2.24) is 10.2 Å². The summed E-state index contributed by atoms with van der Waals surface area (Å²) in [5, 5.41) is 9.48. The van der Waals surface area contributed by atoms with Crippen LogP contribution in [-0.2, 0) is 6.42 Å². The van der Waals surface area contributed by atoms with Gasteiger partial charge in [-0.05, 0) is 44.5 Å². The van der Waals surface area contributed by atoms with Gasteiger partial charge in [0.05, 0.1) is 17.5 Å². The van der Waals surface area contributed by atoms with Crippen LogP contribution in [-0.4, -0.2) is 22.2 Å². The van der Waals surface area contributed by atoms with Crippen LogP contribution in [0.2, 0.25) is 0 Å². The van der Waals surface area contributed by atoms with E-state index in [2.05, 4.69) is 15.5 Å². The summed E-state index contributed by atoms with van der Waals surface area (Å²) in [6, 6.07) is 7.17. The molecular weight excluding hydrogens is 268 g/mol. The first-order chi connectivity index (χ1) is 10.0. The van der Waals surface area contributed by atoms with Crippen LogP contribution in [0.1, 0.15) is 37.0 Å². The number of nitrogens with two attached hydrogens (primary N) is 1. The largest absolute Gasteiger partial charge is 0.491 e. The topological polar surface area (TPSA) is 93.0 Å². The molecule has 1 heterocycles.